The lowest BCUT2D eigenvalue weighted by molar-refractivity contribution is 0.238. The van der Waals surface area contributed by atoms with Gasteiger partial charge in [0.1, 0.15) is 0 Å². The molecule has 0 atom stereocenters. The van der Waals surface area contributed by atoms with Crippen molar-refractivity contribution in [3.8, 4) is 0 Å². The Balaban J connectivity index is 3.56. The Morgan fingerprint density at radius 3 is 2.62 bits per heavy atom. The normalized spacial score (nSPS) is 11.7. The lowest BCUT2D eigenvalue weighted by atomic mass is 9.88. The number of hydrogen-bond acceptors (Lipinski definition) is 2. The zero-order chi connectivity index (χ0) is 10.3. The molecule has 0 aliphatic carbocycles. The molecule has 0 saturated heterocycles. The SMILES string of the molecule is C=C(Br)CNCC(C)(C)CCCO. The van der Waals surface area contributed by atoms with E-state index in [1.807, 2.05) is 0 Å². The highest BCUT2D eigenvalue weighted by Gasteiger charge is 2.16. The molecule has 3 heteroatoms. The second kappa shape index (κ2) is 6.57. The summed E-state index contributed by atoms with van der Waals surface area (Å²) >= 11 is 3.30. The van der Waals surface area contributed by atoms with Gasteiger partial charge in [-0.25, -0.2) is 0 Å². The summed E-state index contributed by atoms with van der Waals surface area (Å²) in [6.07, 6.45) is 1.93. The molecule has 0 aromatic rings. The van der Waals surface area contributed by atoms with Crippen molar-refractivity contribution >= 4 is 15.9 Å². The summed E-state index contributed by atoms with van der Waals surface area (Å²) in [6.45, 7) is 10.2. The Hall–Kier alpha value is 0.140. The smallest absolute Gasteiger partial charge is 0.0431 e. The number of aliphatic hydroxyl groups is 1. The molecule has 0 unspecified atom stereocenters. The van der Waals surface area contributed by atoms with Crippen LogP contribution in [0.15, 0.2) is 11.1 Å². The predicted octanol–water partition coefficient (Wildman–Crippen LogP) is 2.28. The molecule has 0 heterocycles. The van der Waals surface area contributed by atoms with E-state index in [4.69, 9.17) is 5.11 Å². The van der Waals surface area contributed by atoms with Crippen molar-refractivity contribution in [3.63, 3.8) is 0 Å². The minimum Gasteiger partial charge on any atom is -0.396 e. The Kier molecular flexibility index (Phi) is 6.64. The Morgan fingerprint density at radius 1 is 1.54 bits per heavy atom. The van der Waals surface area contributed by atoms with E-state index in [2.05, 4.69) is 41.7 Å². The highest BCUT2D eigenvalue weighted by molar-refractivity contribution is 9.11. The maximum Gasteiger partial charge on any atom is 0.0431 e. The summed E-state index contributed by atoms with van der Waals surface area (Å²) in [4.78, 5) is 0. The molecule has 0 fully saturated rings. The molecule has 0 aliphatic heterocycles. The van der Waals surface area contributed by atoms with Crippen LogP contribution in [0.4, 0.5) is 0 Å². The molecule has 2 nitrogen and oxygen atoms in total. The van der Waals surface area contributed by atoms with E-state index in [1.54, 1.807) is 0 Å². The molecule has 13 heavy (non-hydrogen) atoms. The largest absolute Gasteiger partial charge is 0.396 e. The van der Waals surface area contributed by atoms with Crippen molar-refractivity contribution in [3.05, 3.63) is 11.1 Å². The van der Waals surface area contributed by atoms with Crippen molar-refractivity contribution in [2.45, 2.75) is 26.7 Å². The first-order chi connectivity index (χ1) is 5.98. The van der Waals surface area contributed by atoms with E-state index in [0.29, 0.717) is 0 Å². The average Bonchev–Trinajstić information content (AvgIpc) is 2.00. The standard InChI is InChI=1S/C10H20BrNO/c1-9(11)7-12-8-10(2,3)5-4-6-13/h12-13H,1,4-8H2,2-3H3. The summed E-state index contributed by atoms with van der Waals surface area (Å²) in [5, 5.41) is 12.0. The summed E-state index contributed by atoms with van der Waals surface area (Å²) in [5.41, 5.74) is 0.255. The van der Waals surface area contributed by atoms with Gasteiger partial charge in [-0.1, -0.05) is 36.4 Å². The molecule has 0 spiro atoms. The molecule has 0 radical (unpaired) electrons. The highest BCUT2D eigenvalue weighted by atomic mass is 79.9. The third-order valence-electron chi connectivity index (χ3n) is 1.93. The van der Waals surface area contributed by atoms with Gasteiger partial charge in [-0.3, -0.25) is 0 Å². The molecular formula is C10H20BrNO. The van der Waals surface area contributed by atoms with Crippen molar-refractivity contribution in [1.82, 2.24) is 5.32 Å². The van der Waals surface area contributed by atoms with Crippen LogP contribution in [0.3, 0.4) is 0 Å². The molecule has 0 saturated carbocycles. The monoisotopic (exact) mass is 249 g/mol. The maximum atomic E-state index is 8.70. The van der Waals surface area contributed by atoms with Crippen molar-refractivity contribution in [2.75, 3.05) is 19.7 Å². The molecule has 0 aromatic heterocycles. The number of nitrogens with one attached hydrogen (secondary N) is 1. The summed E-state index contributed by atoms with van der Waals surface area (Å²) in [6, 6.07) is 0. The topological polar surface area (TPSA) is 32.3 Å². The molecule has 0 rings (SSSR count). The molecule has 78 valence electrons. The van der Waals surface area contributed by atoms with E-state index in [9.17, 15) is 0 Å². The van der Waals surface area contributed by atoms with Gasteiger partial charge in [0.05, 0.1) is 0 Å². The highest BCUT2D eigenvalue weighted by Crippen LogP contribution is 2.20. The maximum absolute atomic E-state index is 8.70. The van der Waals surface area contributed by atoms with Gasteiger partial charge < -0.3 is 10.4 Å². The first-order valence-corrected chi connectivity index (χ1v) is 5.42. The van der Waals surface area contributed by atoms with Crippen LogP contribution in [0.1, 0.15) is 26.7 Å². The fourth-order valence-electron chi connectivity index (χ4n) is 1.18. The first-order valence-electron chi connectivity index (χ1n) is 4.63. The number of halogens is 1. The Labute approximate surface area is 89.5 Å². The lowest BCUT2D eigenvalue weighted by Gasteiger charge is -2.24. The molecule has 0 aliphatic rings. The molecular weight excluding hydrogens is 230 g/mol. The fraction of sp³-hybridized carbons (Fsp3) is 0.800. The van der Waals surface area contributed by atoms with Crippen LogP contribution < -0.4 is 5.32 Å². The van der Waals surface area contributed by atoms with E-state index in [0.717, 1.165) is 30.4 Å². The van der Waals surface area contributed by atoms with Crippen LogP contribution in [0.2, 0.25) is 0 Å². The van der Waals surface area contributed by atoms with E-state index in [1.165, 1.54) is 0 Å². The minimum atomic E-state index is 0.255. The lowest BCUT2D eigenvalue weighted by Crippen LogP contribution is -2.30. The van der Waals surface area contributed by atoms with Gasteiger partial charge in [0.25, 0.3) is 0 Å². The van der Waals surface area contributed by atoms with Crippen LogP contribution in [0.5, 0.6) is 0 Å². The van der Waals surface area contributed by atoms with Crippen LogP contribution in [0.25, 0.3) is 0 Å². The third kappa shape index (κ3) is 8.47. The quantitative estimate of drug-likeness (QED) is 0.726. The molecule has 2 N–H and O–H groups in total. The van der Waals surface area contributed by atoms with E-state index < -0.39 is 0 Å². The second-order valence-corrected chi connectivity index (χ2v) is 5.23. The predicted molar refractivity (Wildman–Crippen MR) is 61.0 cm³/mol. The first kappa shape index (κ1) is 13.1. The zero-order valence-electron chi connectivity index (χ0n) is 8.57. The minimum absolute atomic E-state index is 0.255. The summed E-state index contributed by atoms with van der Waals surface area (Å²) in [5.74, 6) is 0. The van der Waals surface area contributed by atoms with Gasteiger partial charge >= 0.3 is 0 Å². The van der Waals surface area contributed by atoms with Gasteiger partial charge in [0.15, 0.2) is 0 Å². The fourth-order valence-corrected chi connectivity index (χ4v) is 1.38. The van der Waals surface area contributed by atoms with Gasteiger partial charge in [0, 0.05) is 24.2 Å². The Bertz CT molecular complexity index is 157. The Morgan fingerprint density at radius 2 is 2.15 bits per heavy atom. The van der Waals surface area contributed by atoms with Gasteiger partial charge in [-0.05, 0) is 18.3 Å². The molecule has 0 amide bonds. The second-order valence-electron chi connectivity index (χ2n) is 4.11. The molecule has 0 aromatic carbocycles. The number of aliphatic hydroxyl groups excluding tert-OH is 1. The van der Waals surface area contributed by atoms with Crippen LogP contribution in [-0.2, 0) is 0 Å². The van der Waals surface area contributed by atoms with Crippen LogP contribution >= 0.6 is 15.9 Å². The van der Waals surface area contributed by atoms with Gasteiger partial charge in [-0.2, -0.15) is 0 Å². The van der Waals surface area contributed by atoms with Crippen LogP contribution in [-0.4, -0.2) is 24.8 Å². The van der Waals surface area contributed by atoms with Crippen molar-refractivity contribution in [2.24, 2.45) is 5.41 Å². The van der Waals surface area contributed by atoms with Gasteiger partial charge in [0.2, 0.25) is 0 Å². The van der Waals surface area contributed by atoms with E-state index in [-0.39, 0.29) is 12.0 Å². The number of rotatable bonds is 7. The van der Waals surface area contributed by atoms with Crippen molar-refractivity contribution < 1.29 is 5.11 Å². The average molecular weight is 250 g/mol. The van der Waals surface area contributed by atoms with Gasteiger partial charge in [-0.15, -0.1) is 0 Å². The number of hydrogen-bond donors (Lipinski definition) is 2. The summed E-state index contributed by atoms with van der Waals surface area (Å²) < 4.78 is 0.977. The van der Waals surface area contributed by atoms with E-state index >= 15 is 0 Å². The molecule has 0 bridgehead atoms. The van der Waals surface area contributed by atoms with Crippen LogP contribution in [0, 0.1) is 5.41 Å². The third-order valence-corrected chi connectivity index (χ3v) is 2.21. The summed E-state index contributed by atoms with van der Waals surface area (Å²) in [7, 11) is 0. The van der Waals surface area contributed by atoms with Crippen molar-refractivity contribution in [1.29, 1.82) is 0 Å². The zero-order valence-corrected chi connectivity index (χ0v) is 10.2.